The lowest BCUT2D eigenvalue weighted by atomic mass is 10.2. The topological polar surface area (TPSA) is 67.6 Å². The van der Waals surface area contributed by atoms with Crippen molar-refractivity contribution >= 4 is 16.7 Å². The Morgan fingerprint density at radius 1 is 1.18 bits per heavy atom. The summed E-state index contributed by atoms with van der Waals surface area (Å²) in [5, 5.41) is 0. The molecule has 4 nitrogen and oxygen atoms in total. The highest BCUT2D eigenvalue weighted by Crippen LogP contribution is 2.19. The number of pyridine rings is 1. The average molecular weight is 224 g/mol. The van der Waals surface area contributed by atoms with Crippen molar-refractivity contribution in [2.45, 2.75) is 6.92 Å². The van der Waals surface area contributed by atoms with E-state index in [0.717, 1.165) is 22.6 Å². The van der Waals surface area contributed by atoms with Crippen LogP contribution >= 0.6 is 0 Å². The zero-order chi connectivity index (χ0) is 11.8. The molecular weight excluding hydrogens is 212 g/mol. The van der Waals surface area contributed by atoms with Crippen LogP contribution in [0.1, 0.15) is 5.56 Å². The van der Waals surface area contributed by atoms with Gasteiger partial charge in [-0.15, -0.1) is 0 Å². The molecule has 4 heteroatoms. The molecule has 0 aliphatic carbocycles. The summed E-state index contributed by atoms with van der Waals surface area (Å²) in [7, 11) is 0. The van der Waals surface area contributed by atoms with Gasteiger partial charge in [-0.3, -0.25) is 4.98 Å². The van der Waals surface area contributed by atoms with Crippen LogP contribution in [0, 0.1) is 6.92 Å². The molecule has 0 saturated carbocycles. The molecule has 2 aromatic heterocycles. The minimum absolute atomic E-state index is 0.653. The van der Waals surface area contributed by atoms with E-state index in [2.05, 4.69) is 27.9 Å². The number of nitrogens with zero attached hydrogens (tertiary/aromatic N) is 2. The third kappa shape index (κ3) is 1.73. The van der Waals surface area contributed by atoms with Crippen molar-refractivity contribution in [3.8, 4) is 11.5 Å². The van der Waals surface area contributed by atoms with E-state index in [0.29, 0.717) is 5.69 Å². The van der Waals surface area contributed by atoms with E-state index in [1.54, 1.807) is 6.20 Å². The summed E-state index contributed by atoms with van der Waals surface area (Å²) in [6.45, 7) is 2.06. The van der Waals surface area contributed by atoms with Crippen LogP contribution in [-0.4, -0.2) is 15.0 Å². The zero-order valence-corrected chi connectivity index (χ0v) is 9.44. The zero-order valence-electron chi connectivity index (χ0n) is 9.44. The number of hydrogen-bond donors (Lipinski definition) is 2. The maximum Gasteiger partial charge on any atom is 0.157 e. The molecule has 3 N–H and O–H groups in total. The van der Waals surface area contributed by atoms with Gasteiger partial charge in [-0.1, -0.05) is 6.07 Å². The fourth-order valence-corrected chi connectivity index (χ4v) is 1.79. The number of rotatable bonds is 1. The van der Waals surface area contributed by atoms with Crippen molar-refractivity contribution in [2.75, 3.05) is 5.73 Å². The first kappa shape index (κ1) is 9.84. The molecule has 84 valence electrons. The molecule has 0 amide bonds. The fraction of sp³-hybridized carbons (Fsp3) is 0.0769. The van der Waals surface area contributed by atoms with E-state index in [1.165, 1.54) is 5.56 Å². The molecular formula is C13H12N4. The molecule has 2 heterocycles. The maximum atomic E-state index is 5.61. The maximum absolute atomic E-state index is 5.61. The normalized spacial score (nSPS) is 10.9. The number of imidazole rings is 1. The summed E-state index contributed by atoms with van der Waals surface area (Å²) in [6.07, 6.45) is 1.63. The first-order valence-electron chi connectivity index (χ1n) is 5.41. The van der Waals surface area contributed by atoms with Crippen molar-refractivity contribution in [1.82, 2.24) is 15.0 Å². The van der Waals surface area contributed by atoms with Crippen LogP contribution in [0.2, 0.25) is 0 Å². The predicted octanol–water partition coefficient (Wildman–Crippen LogP) is 2.52. The molecule has 0 aliphatic heterocycles. The van der Waals surface area contributed by atoms with Gasteiger partial charge in [0.25, 0.3) is 0 Å². The number of H-pyrrole nitrogens is 1. The molecule has 3 aromatic rings. The average Bonchev–Trinajstić information content (AvgIpc) is 2.72. The summed E-state index contributed by atoms with van der Waals surface area (Å²) >= 11 is 0. The van der Waals surface area contributed by atoms with E-state index in [-0.39, 0.29) is 0 Å². The number of nitrogens with two attached hydrogens (primary N) is 1. The number of benzene rings is 1. The summed E-state index contributed by atoms with van der Waals surface area (Å²) < 4.78 is 0. The van der Waals surface area contributed by atoms with Gasteiger partial charge in [0.15, 0.2) is 5.82 Å². The van der Waals surface area contributed by atoms with Gasteiger partial charge in [0.1, 0.15) is 5.69 Å². The van der Waals surface area contributed by atoms with Crippen molar-refractivity contribution in [1.29, 1.82) is 0 Å². The Morgan fingerprint density at radius 3 is 2.82 bits per heavy atom. The van der Waals surface area contributed by atoms with Crippen LogP contribution in [0.25, 0.3) is 22.6 Å². The number of aromatic amines is 1. The van der Waals surface area contributed by atoms with Gasteiger partial charge in [0, 0.05) is 0 Å². The molecule has 0 radical (unpaired) electrons. The van der Waals surface area contributed by atoms with Gasteiger partial charge in [0.05, 0.1) is 22.9 Å². The number of hydrogen-bond acceptors (Lipinski definition) is 3. The van der Waals surface area contributed by atoms with Gasteiger partial charge in [-0.05, 0) is 36.8 Å². The third-order valence-electron chi connectivity index (χ3n) is 2.67. The van der Waals surface area contributed by atoms with Gasteiger partial charge in [0.2, 0.25) is 0 Å². The number of aromatic nitrogens is 3. The predicted molar refractivity (Wildman–Crippen MR) is 68.5 cm³/mol. The second kappa shape index (κ2) is 3.59. The molecule has 0 atom stereocenters. The number of nitrogens with one attached hydrogen (secondary N) is 1. The van der Waals surface area contributed by atoms with Gasteiger partial charge < -0.3 is 10.7 Å². The Labute approximate surface area is 98.5 Å². The quantitative estimate of drug-likeness (QED) is 0.667. The number of nitrogen functional groups attached to an aromatic ring is 1. The highest BCUT2D eigenvalue weighted by Gasteiger charge is 2.05. The summed E-state index contributed by atoms with van der Waals surface area (Å²) in [5.74, 6) is 0.769. The lowest BCUT2D eigenvalue weighted by molar-refractivity contribution is 1.24. The SMILES string of the molecule is Cc1ccc2nc(-c3ccc(N)cn3)[nH]c2c1. The Kier molecular flexibility index (Phi) is 2.08. The van der Waals surface area contributed by atoms with Crippen molar-refractivity contribution in [3.05, 3.63) is 42.1 Å². The molecule has 3 rings (SSSR count). The van der Waals surface area contributed by atoms with Gasteiger partial charge in [-0.2, -0.15) is 0 Å². The van der Waals surface area contributed by atoms with Crippen LogP contribution in [0.3, 0.4) is 0 Å². The Bertz CT molecular complexity index is 667. The summed E-state index contributed by atoms with van der Waals surface area (Å²) in [6, 6.07) is 9.80. The van der Waals surface area contributed by atoms with E-state index in [4.69, 9.17) is 5.73 Å². The van der Waals surface area contributed by atoms with Crippen molar-refractivity contribution < 1.29 is 0 Å². The monoisotopic (exact) mass is 224 g/mol. The second-order valence-corrected chi connectivity index (χ2v) is 4.08. The Balaban J connectivity index is 2.14. The Hall–Kier alpha value is -2.36. The molecule has 0 saturated heterocycles. The highest BCUT2D eigenvalue weighted by molar-refractivity contribution is 5.79. The van der Waals surface area contributed by atoms with Crippen molar-refractivity contribution in [3.63, 3.8) is 0 Å². The molecule has 0 fully saturated rings. The first-order valence-corrected chi connectivity index (χ1v) is 5.41. The lowest BCUT2D eigenvalue weighted by Crippen LogP contribution is -1.89. The number of anilines is 1. The van der Waals surface area contributed by atoms with Crippen molar-refractivity contribution in [2.24, 2.45) is 0 Å². The minimum atomic E-state index is 0.653. The van der Waals surface area contributed by atoms with E-state index in [1.807, 2.05) is 24.3 Å². The number of fused-ring (bicyclic) bond motifs is 1. The lowest BCUT2D eigenvalue weighted by Gasteiger charge is -1.95. The molecule has 17 heavy (non-hydrogen) atoms. The fourth-order valence-electron chi connectivity index (χ4n) is 1.79. The molecule has 1 aromatic carbocycles. The van der Waals surface area contributed by atoms with Crippen LogP contribution in [0.5, 0.6) is 0 Å². The van der Waals surface area contributed by atoms with Crippen LogP contribution < -0.4 is 5.73 Å². The van der Waals surface area contributed by atoms with E-state index < -0.39 is 0 Å². The van der Waals surface area contributed by atoms with Crippen LogP contribution in [-0.2, 0) is 0 Å². The van der Waals surface area contributed by atoms with Gasteiger partial charge in [-0.25, -0.2) is 4.98 Å². The Morgan fingerprint density at radius 2 is 2.06 bits per heavy atom. The summed E-state index contributed by atoms with van der Waals surface area (Å²) in [4.78, 5) is 12.0. The standard InChI is InChI=1S/C13H12N4/c1-8-2-4-10-12(6-8)17-13(16-10)11-5-3-9(14)7-15-11/h2-7H,14H2,1H3,(H,16,17). The van der Waals surface area contributed by atoms with Crippen LogP contribution in [0.4, 0.5) is 5.69 Å². The van der Waals surface area contributed by atoms with Gasteiger partial charge >= 0.3 is 0 Å². The highest BCUT2D eigenvalue weighted by atomic mass is 14.9. The second-order valence-electron chi connectivity index (χ2n) is 4.08. The minimum Gasteiger partial charge on any atom is -0.397 e. The molecule has 0 spiro atoms. The van der Waals surface area contributed by atoms with Crippen LogP contribution in [0.15, 0.2) is 36.5 Å². The van der Waals surface area contributed by atoms with E-state index in [9.17, 15) is 0 Å². The smallest absolute Gasteiger partial charge is 0.157 e. The molecule has 0 aliphatic rings. The molecule has 0 unspecified atom stereocenters. The molecule has 0 bridgehead atoms. The first-order chi connectivity index (χ1) is 8.22. The third-order valence-corrected chi connectivity index (χ3v) is 2.67. The summed E-state index contributed by atoms with van der Waals surface area (Å²) in [5.41, 5.74) is 10.2. The van der Waals surface area contributed by atoms with E-state index >= 15 is 0 Å². The number of aryl methyl sites for hydroxylation is 1. The largest absolute Gasteiger partial charge is 0.397 e.